The van der Waals surface area contributed by atoms with Gasteiger partial charge in [-0.2, -0.15) is 4.98 Å². The number of hydrogen-bond acceptors (Lipinski definition) is 5. The molecule has 1 aromatic heterocycles. The zero-order valence-corrected chi connectivity index (χ0v) is 16.6. The molecule has 0 aliphatic carbocycles. The number of carbonyl (C=O) groups is 2. The molecule has 0 radical (unpaired) electrons. The van der Waals surface area contributed by atoms with Gasteiger partial charge in [-0.05, 0) is 29.7 Å². The van der Waals surface area contributed by atoms with E-state index in [9.17, 15) is 14.7 Å². The number of amides is 1. The van der Waals surface area contributed by atoms with Crippen LogP contribution in [-0.2, 0) is 11.2 Å². The molecule has 3 aromatic rings. The van der Waals surface area contributed by atoms with Gasteiger partial charge in [-0.3, -0.25) is 14.5 Å². The molecule has 0 unspecified atom stereocenters. The van der Waals surface area contributed by atoms with E-state index in [1.165, 1.54) is 4.90 Å². The summed E-state index contributed by atoms with van der Waals surface area (Å²) in [4.78, 5) is 30.0. The number of hydrogen-bond donors (Lipinski definition) is 1. The molecule has 0 spiro atoms. The van der Waals surface area contributed by atoms with E-state index in [1.807, 2.05) is 0 Å². The van der Waals surface area contributed by atoms with Gasteiger partial charge in [0.1, 0.15) is 6.54 Å². The first-order valence-corrected chi connectivity index (χ1v) is 9.25. The maximum absolute atomic E-state index is 13.1. The molecule has 150 valence electrons. The Bertz CT molecular complexity index is 1010. The molecule has 0 aliphatic rings. The number of anilines is 1. The average Bonchev–Trinajstić information content (AvgIpc) is 3.13. The summed E-state index contributed by atoms with van der Waals surface area (Å²) in [6.45, 7) is 5.80. The van der Waals surface area contributed by atoms with E-state index >= 15 is 0 Å². The maximum Gasteiger partial charge on any atom is 0.323 e. The van der Waals surface area contributed by atoms with Crippen LogP contribution >= 0.6 is 0 Å². The molecule has 0 fully saturated rings. The van der Waals surface area contributed by atoms with E-state index in [2.05, 4.69) is 30.9 Å². The van der Waals surface area contributed by atoms with E-state index < -0.39 is 18.4 Å². The third-order valence-electron chi connectivity index (χ3n) is 4.12. The number of benzene rings is 2. The van der Waals surface area contributed by atoms with Crippen LogP contribution < -0.4 is 4.90 Å². The van der Waals surface area contributed by atoms with Gasteiger partial charge < -0.3 is 9.63 Å². The molecule has 1 amide bonds. The first kappa shape index (κ1) is 20.3. The zero-order chi connectivity index (χ0) is 21.0. The Hall–Kier alpha value is -3.48. The summed E-state index contributed by atoms with van der Waals surface area (Å²) in [7, 11) is 0. The molecule has 7 heteroatoms. The molecule has 1 N–H and O–H groups in total. The summed E-state index contributed by atoms with van der Waals surface area (Å²) < 4.78 is 5.33. The van der Waals surface area contributed by atoms with Crippen LogP contribution in [0.3, 0.4) is 0 Å². The summed E-state index contributed by atoms with van der Waals surface area (Å²) >= 11 is 0. The van der Waals surface area contributed by atoms with Crippen LogP contribution in [0, 0.1) is 5.41 Å². The van der Waals surface area contributed by atoms with Gasteiger partial charge in [0, 0.05) is 23.2 Å². The Morgan fingerprint density at radius 1 is 1.07 bits per heavy atom. The molecular formula is C22H23N3O4. The average molecular weight is 393 g/mol. The second-order valence-electron chi connectivity index (χ2n) is 7.95. The Morgan fingerprint density at radius 2 is 1.79 bits per heavy atom. The van der Waals surface area contributed by atoms with Gasteiger partial charge in [-0.1, -0.05) is 56.3 Å². The van der Waals surface area contributed by atoms with Crippen molar-refractivity contribution in [1.82, 2.24) is 10.1 Å². The number of para-hydroxylation sites is 1. The van der Waals surface area contributed by atoms with E-state index in [1.54, 1.807) is 54.6 Å². The predicted molar refractivity (Wildman–Crippen MR) is 109 cm³/mol. The minimum Gasteiger partial charge on any atom is -0.480 e. The largest absolute Gasteiger partial charge is 0.480 e. The van der Waals surface area contributed by atoms with Gasteiger partial charge in [-0.25, -0.2) is 0 Å². The third-order valence-corrected chi connectivity index (χ3v) is 4.12. The van der Waals surface area contributed by atoms with Gasteiger partial charge in [0.25, 0.3) is 5.91 Å². The van der Waals surface area contributed by atoms with Crippen LogP contribution in [0.25, 0.3) is 11.4 Å². The third kappa shape index (κ3) is 5.28. The first-order valence-electron chi connectivity index (χ1n) is 9.25. The number of carboxylic acids is 1. The molecule has 0 saturated heterocycles. The number of aromatic nitrogens is 2. The summed E-state index contributed by atoms with van der Waals surface area (Å²) in [6.07, 6.45) is 0.638. The Morgan fingerprint density at radius 3 is 2.45 bits per heavy atom. The lowest BCUT2D eigenvalue weighted by molar-refractivity contribution is -0.135. The van der Waals surface area contributed by atoms with E-state index in [0.717, 1.165) is 0 Å². The fourth-order valence-electron chi connectivity index (χ4n) is 2.87. The lowest BCUT2D eigenvalue weighted by atomic mass is 9.92. The van der Waals surface area contributed by atoms with Crippen molar-refractivity contribution in [1.29, 1.82) is 0 Å². The van der Waals surface area contributed by atoms with Crippen LogP contribution in [0.1, 0.15) is 37.0 Å². The standard InChI is InChI=1S/C22H23N3O4/c1-22(2,3)13-18-23-20(24-29-18)15-8-7-9-16(12-15)21(28)25(14-19(26)27)17-10-5-4-6-11-17/h4-12H,13-14H2,1-3H3,(H,26,27). The van der Waals surface area contributed by atoms with Crippen molar-refractivity contribution < 1.29 is 19.2 Å². The molecule has 7 nitrogen and oxygen atoms in total. The molecular weight excluding hydrogens is 370 g/mol. The fourth-order valence-corrected chi connectivity index (χ4v) is 2.87. The minimum atomic E-state index is -1.09. The molecule has 3 rings (SSSR count). The lowest BCUT2D eigenvalue weighted by Gasteiger charge is -2.21. The molecule has 29 heavy (non-hydrogen) atoms. The molecule has 2 aromatic carbocycles. The van der Waals surface area contributed by atoms with Gasteiger partial charge in [0.2, 0.25) is 11.7 Å². The molecule has 0 atom stereocenters. The van der Waals surface area contributed by atoms with Crippen molar-refractivity contribution in [2.45, 2.75) is 27.2 Å². The Balaban J connectivity index is 1.89. The lowest BCUT2D eigenvalue weighted by Crippen LogP contribution is -2.35. The Labute approximate surface area is 169 Å². The maximum atomic E-state index is 13.1. The number of nitrogens with zero attached hydrogens (tertiary/aromatic N) is 3. The van der Waals surface area contributed by atoms with Gasteiger partial charge in [0.05, 0.1) is 0 Å². The van der Waals surface area contributed by atoms with E-state index in [0.29, 0.717) is 35.0 Å². The van der Waals surface area contributed by atoms with Crippen molar-refractivity contribution in [3.05, 3.63) is 66.1 Å². The summed E-state index contributed by atoms with van der Waals surface area (Å²) in [5.41, 5.74) is 1.49. The van der Waals surface area contributed by atoms with E-state index in [-0.39, 0.29) is 5.41 Å². The summed E-state index contributed by atoms with van der Waals surface area (Å²) in [5, 5.41) is 13.3. The highest BCUT2D eigenvalue weighted by Crippen LogP contribution is 2.24. The van der Waals surface area contributed by atoms with Crippen LogP contribution in [0.5, 0.6) is 0 Å². The van der Waals surface area contributed by atoms with E-state index in [4.69, 9.17) is 4.52 Å². The monoisotopic (exact) mass is 393 g/mol. The number of carboxylic acid groups (broad SMARTS) is 1. The highest BCUT2D eigenvalue weighted by Gasteiger charge is 2.22. The smallest absolute Gasteiger partial charge is 0.323 e. The first-order chi connectivity index (χ1) is 13.7. The van der Waals surface area contributed by atoms with Crippen LogP contribution in [0.4, 0.5) is 5.69 Å². The highest BCUT2D eigenvalue weighted by atomic mass is 16.5. The van der Waals surface area contributed by atoms with Crippen LogP contribution in [-0.4, -0.2) is 33.7 Å². The molecule has 0 aliphatic heterocycles. The van der Waals surface area contributed by atoms with Crippen LogP contribution in [0.15, 0.2) is 59.1 Å². The minimum absolute atomic E-state index is 0.00857. The predicted octanol–water partition coefficient (Wildman–Crippen LogP) is 4.06. The van der Waals surface area contributed by atoms with Gasteiger partial charge in [-0.15, -0.1) is 0 Å². The topological polar surface area (TPSA) is 96.5 Å². The number of aliphatic carboxylic acids is 1. The van der Waals surface area contributed by atoms with Gasteiger partial charge >= 0.3 is 5.97 Å². The zero-order valence-electron chi connectivity index (χ0n) is 16.6. The number of carbonyl (C=O) groups excluding carboxylic acids is 1. The van der Waals surface area contributed by atoms with Crippen molar-refractivity contribution >= 4 is 17.6 Å². The quantitative estimate of drug-likeness (QED) is 0.678. The van der Waals surface area contributed by atoms with Crippen molar-refractivity contribution in [2.75, 3.05) is 11.4 Å². The fraction of sp³-hybridized carbons (Fsp3) is 0.273. The normalized spacial score (nSPS) is 11.3. The Kier molecular flexibility index (Phi) is 5.77. The SMILES string of the molecule is CC(C)(C)Cc1nc(-c2cccc(C(=O)N(CC(=O)O)c3ccccc3)c2)no1. The second kappa shape index (κ2) is 8.26. The summed E-state index contributed by atoms with van der Waals surface area (Å²) in [6, 6.07) is 15.5. The molecule has 0 bridgehead atoms. The highest BCUT2D eigenvalue weighted by molar-refractivity contribution is 6.08. The second-order valence-corrected chi connectivity index (χ2v) is 7.95. The van der Waals surface area contributed by atoms with Gasteiger partial charge in [0.15, 0.2) is 0 Å². The summed E-state index contributed by atoms with van der Waals surface area (Å²) in [5.74, 6) is -0.591. The molecule has 0 saturated carbocycles. The molecule has 1 heterocycles. The van der Waals surface area contributed by atoms with Crippen molar-refractivity contribution in [3.63, 3.8) is 0 Å². The van der Waals surface area contributed by atoms with Crippen LogP contribution in [0.2, 0.25) is 0 Å². The van der Waals surface area contributed by atoms with Crippen molar-refractivity contribution in [2.24, 2.45) is 5.41 Å². The number of rotatable bonds is 6. The van der Waals surface area contributed by atoms with Crippen molar-refractivity contribution in [3.8, 4) is 11.4 Å².